The molecule has 1 aliphatic heterocycles. The van der Waals surface area contributed by atoms with Gasteiger partial charge in [-0.1, -0.05) is 35.9 Å². The van der Waals surface area contributed by atoms with Gasteiger partial charge in [0, 0.05) is 30.4 Å². The average molecular weight is 562 g/mol. The zero-order valence-corrected chi connectivity index (χ0v) is 22.7. The summed E-state index contributed by atoms with van der Waals surface area (Å²) < 4.78 is 48.9. The second-order valence-electron chi connectivity index (χ2n) is 10.2. The number of nitrogens with one attached hydrogen (secondary N) is 1. The molecule has 2 heterocycles. The number of alkyl halides is 2. The van der Waals surface area contributed by atoms with Crippen LogP contribution in [0.25, 0.3) is 0 Å². The van der Waals surface area contributed by atoms with E-state index < -0.39 is 29.4 Å². The summed E-state index contributed by atoms with van der Waals surface area (Å²) >= 11 is 6.44. The molecule has 39 heavy (non-hydrogen) atoms. The standard InChI is InChI=1S/C29H31ClF3N3O3/c1-18(37)29(32,33)20-8-6-19(7-9-20)16-26(38)34-21-10-12-24(23(31)17-21)39-28(2,3)27-22(30)11-13-25(35-27)36-14-4-5-15-36/h6-13,17-18,37H,4-5,14-16H2,1-3H3,(H,34,38). The van der Waals surface area contributed by atoms with Crippen molar-refractivity contribution in [2.24, 2.45) is 0 Å². The third-order valence-corrected chi connectivity index (χ3v) is 6.95. The highest BCUT2D eigenvalue weighted by molar-refractivity contribution is 6.31. The van der Waals surface area contributed by atoms with Gasteiger partial charge in [-0.2, -0.15) is 8.78 Å². The van der Waals surface area contributed by atoms with E-state index in [9.17, 15) is 23.1 Å². The first-order chi connectivity index (χ1) is 18.4. The van der Waals surface area contributed by atoms with Crippen molar-refractivity contribution in [3.63, 3.8) is 0 Å². The number of carbonyl (C=O) groups is 1. The molecule has 10 heteroatoms. The van der Waals surface area contributed by atoms with E-state index in [2.05, 4.69) is 10.2 Å². The summed E-state index contributed by atoms with van der Waals surface area (Å²) in [5, 5.41) is 12.3. The molecule has 208 valence electrons. The number of aliphatic hydroxyl groups excluding tert-OH is 1. The highest BCUT2D eigenvalue weighted by Gasteiger charge is 2.37. The van der Waals surface area contributed by atoms with E-state index in [0.29, 0.717) is 16.3 Å². The first kappa shape index (κ1) is 28.7. The van der Waals surface area contributed by atoms with Crippen LogP contribution >= 0.6 is 11.6 Å². The Morgan fingerprint density at radius 3 is 2.41 bits per heavy atom. The molecule has 1 saturated heterocycles. The van der Waals surface area contributed by atoms with E-state index in [-0.39, 0.29) is 23.4 Å². The number of hydrogen-bond donors (Lipinski definition) is 2. The molecule has 2 aromatic carbocycles. The molecule has 1 amide bonds. The molecule has 0 aliphatic carbocycles. The van der Waals surface area contributed by atoms with Crippen LogP contribution in [-0.2, 0) is 22.7 Å². The molecule has 3 aromatic rings. The van der Waals surface area contributed by atoms with Gasteiger partial charge in [0.25, 0.3) is 5.92 Å². The zero-order valence-electron chi connectivity index (χ0n) is 22.0. The molecule has 1 unspecified atom stereocenters. The van der Waals surface area contributed by atoms with Crippen molar-refractivity contribution in [3.8, 4) is 5.75 Å². The van der Waals surface area contributed by atoms with E-state index in [0.717, 1.165) is 44.7 Å². The number of rotatable bonds is 9. The number of halogens is 4. The molecule has 1 aliphatic rings. The highest BCUT2D eigenvalue weighted by Crippen LogP contribution is 2.35. The number of ether oxygens (including phenoxy) is 1. The molecule has 1 atom stereocenters. The van der Waals surface area contributed by atoms with Gasteiger partial charge in [-0.3, -0.25) is 4.79 Å². The summed E-state index contributed by atoms with van der Waals surface area (Å²) in [7, 11) is 0. The normalized spacial score (nSPS) is 14.8. The van der Waals surface area contributed by atoms with Gasteiger partial charge in [0.15, 0.2) is 11.6 Å². The Hall–Kier alpha value is -3.30. The van der Waals surface area contributed by atoms with Crippen LogP contribution in [0.4, 0.5) is 24.7 Å². The predicted molar refractivity (Wildman–Crippen MR) is 145 cm³/mol. The first-order valence-electron chi connectivity index (χ1n) is 12.7. The van der Waals surface area contributed by atoms with E-state index >= 15 is 0 Å². The van der Waals surface area contributed by atoms with Crippen molar-refractivity contribution in [1.29, 1.82) is 0 Å². The largest absolute Gasteiger partial charge is 0.478 e. The van der Waals surface area contributed by atoms with Crippen LogP contribution in [0.5, 0.6) is 5.75 Å². The smallest absolute Gasteiger partial charge is 0.298 e. The van der Waals surface area contributed by atoms with Gasteiger partial charge < -0.3 is 20.1 Å². The lowest BCUT2D eigenvalue weighted by atomic mass is 10.0. The van der Waals surface area contributed by atoms with Crippen LogP contribution in [0.2, 0.25) is 5.02 Å². The second kappa shape index (κ2) is 11.4. The van der Waals surface area contributed by atoms with Gasteiger partial charge >= 0.3 is 0 Å². The SMILES string of the molecule is CC(O)C(F)(F)c1ccc(CC(=O)Nc2ccc(OC(C)(C)c3nc(N4CCCC4)ccc3Cl)c(F)c2)cc1. The summed E-state index contributed by atoms with van der Waals surface area (Å²) in [6.07, 6.45) is 0.253. The number of aromatic nitrogens is 1. The number of nitrogens with zero attached hydrogens (tertiary/aromatic N) is 2. The molecule has 0 saturated carbocycles. The number of hydrogen-bond acceptors (Lipinski definition) is 5. The quantitative estimate of drug-likeness (QED) is 0.314. The Morgan fingerprint density at radius 1 is 1.13 bits per heavy atom. The Labute approximate surface area is 230 Å². The summed E-state index contributed by atoms with van der Waals surface area (Å²) in [6.45, 7) is 6.36. The maximum Gasteiger partial charge on any atom is 0.298 e. The van der Waals surface area contributed by atoms with Crippen molar-refractivity contribution in [2.45, 2.75) is 57.7 Å². The zero-order chi connectivity index (χ0) is 28.4. The third kappa shape index (κ3) is 6.65. The fraction of sp³-hybridized carbons (Fsp3) is 0.379. The van der Waals surface area contributed by atoms with Crippen LogP contribution in [0, 0.1) is 5.82 Å². The molecule has 1 aromatic heterocycles. The van der Waals surface area contributed by atoms with Gasteiger partial charge in [-0.05, 0) is 63.4 Å². The molecule has 0 bridgehead atoms. The molecule has 0 spiro atoms. The fourth-order valence-corrected chi connectivity index (χ4v) is 4.77. The summed E-state index contributed by atoms with van der Waals surface area (Å²) in [5.74, 6) is -3.76. The lowest BCUT2D eigenvalue weighted by molar-refractivity contribution is -0.115. The lowest BCUT2D eigenvalue weighted by Crippen LogP contribution is -2.29. The molecule has 1 fully saturated rings. The van der Waals surface area contributed by atoms with Crippen LogP contribution in [0.1, 0.15) is 50.4 Å². The number of pyridine rings is 1. The van der Waals surface area contributed by atoms with Gasteiger partial charge in [0.05, 0.1) is 11.4 Å². The van der Waals surface area contributed by atoms with Crippen molar-refractivity contribution in [3.05, 3.63) is 82.3 Å². The fourth-order valence-electron chi connectivity index (χ4n) is 4.44. The molecule has 0 radical (unpaired) electrons. The van der Waals surface area contributed by atoms with Gasteiger partial charge in [-0.15, -0.1) is 0 Å². The van der Waals surface area contributed by atoms with Gasteiger partial charge in [-0.25, -0.2) is 9.37 Å². The van der Waals surface area contributed by atoms with E-state index in [1.807, 2.05) is 6.07 Å². The molecule has 2 N–H and O–H groups in total. The van der Waals surface area contributed by atoms with E-state index in [1.165, 1.54) is 36.4 Å². The highest BCUT2D eigenvalue weighted by atomic mass is 35.5. The summed E-state index contributed by atoms with van der Waals surface area (Å²) in [5.41, 5.74) is -0.202. The Morgan fingerprint density at radius 2 is 1.79 bits per heavy atom. The van der Waals surface area contributed by atoms with Crippen molar-refractivity contribution >= 4 is 29.0 Å². The topological polar surface area (TPSA) is 74.7 Å². The third-order valence-electron chi connectivity index (χ3n) is 6.64. The van der Waals surface area contributed by atoms with Gasteiger partial charge in [0.1, 0.15) is 23.2 Å². The Kier molecular flexibility index (Phi) is 8.42. The van der Waals surface area contributed by atoms with Crippen LogP contribution in [0.3, 0.4) is 0 Å². The maximum atomic E-state index is 15.0. The minimum Gasteiger partial charge on any atom is -0.478 e. The molecular weight excluding hydrogens is 531 g/mol. The first-order valence-corrected chi connectivity index (χ1v) is 13.1. The van der Waals surface area contributed by atoms with Crippen LogP contribution < -0.4 is 15.0 Å². The number of benzene rings is 2. The summed E-state index contributed by atoms with van der Waals surface area (Å²) in [4.78, 5) is 19.4. The van der Waals surface area contributed by atoms with Crippen LogP contribution in [0.15, 0.2) is 54.6 Å². The average Bonchev–Trinajstić information content (AvgIpc) is 3.41. The molecular formula is C29H31ClF3N3O3. The van der Waals surface area contributed by atoms with Crippen molar-refractivity contribution in [2.75, 3.05) is 23.3 Å². The van der Waals surface area contributed by atoms with Crippen molar-refractivity contribution < 1.29 is 27.8 Å². The minimum atomic E-state index is -3.39. The van der Waals surface area contributed by atoms with Crippen LogP contribution in [-0.4, -0.2) is 35.2 Å². The lowest BCUT2D eigenvalue weighted by Gasteiger charge is -2.28. The van der Waals surface area contributed by atoms with Crippen molar-refractivity contribution in [1.82, 2.24) is 4.98 Å². The number of aliphatic hydroxyl groups is 1. The van der Waals surface area contributed by atoms with E-state index in [1.54, 1.807) is 19.9 Å². The predicted octanol–water partition coefficient (Wildman–Crippen LogP) is 6.44. The second-order valence-corrected chi connectivity index (χ2v) is 10.6. The maximum absolute atomic E-state index is 15.0. The number of anilines is 2. The molecule has 4 rings (SSSR count). The monoisotopic (exact) mass is 561 g/mol. The number of carbonyl (C=O) groups excluding carboxylic acids is 1. The minimum absolute atomic E-state index is 0.0305. The Balaban J connectivity index is 1.41. The van der Waals surface area contributed by atoms with Gasteiger partial charge in [0.2, 0.25) is 5.91 Å². The van der Waals surface area contributed by atoms with E-state index in [4.69, 9.17) is 21.3 Å². The number of amides is 1. The molecule has 6 nitrogen and oxygen atoms in total. The summed E-state index contributed by atoms with van der Waals surface area (Å²) in [6, 6.07) is 12.8. The Bertz CT molecular complexity index is 1330.